The minimum Gasteiger partial charge on any atom is -0.468 e. The smallest absolute Gasteiger partial charge is 0.327 e. The lowest BCUT2D eigenvalue weighted by atomic mass is 10.2. The van der Waals surface area contributed by atoms with Crippen molar-refractivity contribution in [2.75, 3.05) is 13.7 Å². The van der Waals surface area contributed by atoms with Crippen molar-refractivity contribution in [1.29, 1.82) is 0 Å². The fourth-order valence-corrected chi connectivity index (χ4v) is 1.00. The van der Waals surface area contributed by atoms with Gasteiger partial charge in [-0.25, -0.2) is 0 Å². The summed E-state index contributed by atoms with van der Waals surface area (Å²) in [6.07, 6.45) is 1.99. The molecule has 10 heavy (non-hydrogen) atoms. The highest BCUT2D eigenvalue weighted by Gasteiger charge is 2.22. The minimum absolute atomic E-state index is 0.203. The molecule has 0 fully saturated rings. The standard InChI is InChI=1S/C7H11NO2/c1-5-3-4-8-6(5)7(9)10-2/h3,6,8H,4H2,1-2H3/t6-/m0/s1. The van der Waals surface area contributed by atoms with Crippen molar-refractivity contribution in [2.24, 2.45) is 0 Å². The van der Waals surface area contributed by atoms with Crippen LogP contribution in [0.1, 0.15) is 6.92 Å². The fraction of sp³-hybridized carbons (Fsp3) is 0.571. The second kappa shape index (κ2) is 2.84. The van der Waals surface area contributed by atoms with Crippen LogP contribution in [-0.2, 0) is 9.53 Å². The van der Waals surface area contributed by atoms with Gasteiger partial charge in [0.2, 0.25) is 0 Å². The molecular weight excluding hydrogens is 130 g/mol. The molecule has 1 atom stereocenters. The molecule has 3 nitrogen and oxygen atoms in total. The van der Waals surface area contributed by atoms with Crippen LogP contribution in [0.3, 0.4) is 0 Å². The average Bonchev–Trinajstić information content (AvgIpc) is 2.34. The first-order chi connectivity index (χ1) is 4.75. The van der Waals surface area contributed by atoms with Gasteiger partial charge >= 0.3 is 5.97 Å². The molecule has 0 saturated heterocycles. The van der Waals surface area contributed by atoms with Gasteiger partial charge in [-0.05, 0) is 12.5 Å². The molecule has 1 N–H and O–H groups in total. The topological polar surface area (TPSA) is 38.3 Å². The first-order valence-electron chi connectivity index (χ1n) is 3.23. The van der Waals surface area contributed by atoms with Gasteiger partial charge < -0.3 is 4.74 Å². The lowest BCUT2D eigenvalue weighted by Gasteiger charge is -2.08. The molecular formula is C7H11NO2. The summed E-state index contributed by atoms with van der Waals surface area (Å²) in [4.78, 5) is 10.9. The van der Waals surface area contributed by atoms with E-state index in [0.717, 1.165) is 12.1 Å². The van der Waals surface area contributed by atoms with Crippen LogP contribution in [0.25, 0.3) is 0 Å². The molecule has 0 unspecified atom stereocenters. The quantitative estimate of drug-likeness (QED) is 0.415. The van der Waals surface area contributed by atoms with Gasteiger partial charge in [-0.1, -0.05) is 6.08 Å². The van der Waals surface area contributed by atoms with Crippen molar-refractivity contribution in [3.8, 4) is 0 Å². The van der Waals surface area contributed by atoms with Crippen molar-refractivity contribution in [3.63, 3.8) is 0 Å². The maximum absolute atomic E-state index is 10.9. The Morgan fingerprint density at radius 2 is 2.60 bits per heavy atom. The third kappa shape index (κ3) is 1.19. The molecule has 3 heteroatoms. The summed E-state index contributed by atoms with van der Waals surface area (Å²) >= 11 is 0. The van der Waals surface area contributed by atoms with Gasteiger partial charge in [-0.2, -0.15) is 0 Å². The number of nitrogens with one attached hydrogen (secondary N) is 1. The average molecular weight is 141 g/mol. The van der Waals surface area contributed by atoms with Crippen molar-refractivity contribution < 1.29 is 9.53 Å². The minimum atomic E-state index is -0.204. The first kappa shape index (κ1) is 7.28. The summed E-state index contributed by atoms with van der Waals surface area (Å²) in [6, 6.07) is -0.204. The molecule has 0 aromatic rings. The zero-order valence-electron chi connectivity index (χ0n) is 6.18. The van der Waals surface area contributed by atoms with Gasteiger partial charge in [0.05, 0.1) is 7.11 Å². The summed E-state index contributed by atoms with van der Waals surface area (Å²) in [5, 5.41) is 2.99. The SMILES string of the molecule is COC(=O)[C@H]1NCC=C1C. The molecule has 56 valence electrons. The van der Waals surface area contributed by atoms with Crippen LogP contribution in [0.5, 0.6) is 0 Å². The number of hydrogen-bond acceptors (Lipinski definition) is 3. The Morgan fingerprint density at radius 1 is 1.90 bits per heavy atom. The van der Waals surface area contributed by atoms with Gasteiger partial charge in [0, 0.05) is 6.54 Å². The van der Waals surface area contributed by atoms with E-state index in [2.05, 4.69) is 10.1 Å². The highest BCUT2D eigenvalue weighted by Crippen LogP contribution is 2.07. The summed E-state index contributed by atoms with van der Waals surface area (Å²) in [5.41, 5.74) is 1.05. The molecule has 1 aliphatic rings. The van der Waals surface area contributed by atoms with Gasteiger partial charge in [0.25, 0.3) is 0 Å². The molecule has 0 amide bonds. The molecule has 1 heterocycles. The molecule has 0 radical (unpaired) electrons. The maximum Gasteiger partial charge on any atom is 0.327 e. The number of carbonyl (C=O) groups is 1. The largest absolute Gasteiger partial charge is 0.468 e. The predicted molar refractivity (Wildman–Crippen MR) is 37.6 cm³/mol. The number of methoxy groups -OCH3 is 1. The molecule has 1 aliphatic heterocycles. The van der Waals surface area contributed by atoms with Crippen LogP contribution in [0.4, 0.5) is 0 Å². The number of rotatable bonds is 1. The van der Waals surface area contributed by atoms with Crippen molar-refractivity contribution in [1.82, 2.24) is 5.32 Å². The molecule has 0 aliphatic carbocycles. The molecule has 0 aromatic heterocycles. The van der Waals surface area contributed by atoms with E-state index in [1.54, 1.807) is 0 Å². The van der Waals surface area contributed by atoms with E-state index < -0.39 is 0 Å². The van der Waals surface area contributed by atoms with Crippen LogP contribution < -0.4 is 5.32 Å². The van der Waals surface area contributed by atoms with Gasteiger partial charge in [0.15, 0.2) is 0 Å². The monoisotopic (exact) mass is 141 g/mol. The fourth-order valence-electron chi connectivity index (χ4n) is 1.00. The van der Waals surface area contributed by atoms with Gasteiger partial charge in [0.1, 0.15) is 6.04 Å². The highest BCUT2D eigenvalue weighted by atomic mass is 16.5. The van der Waals surface area contributed by atoms with Gasteiger partial charge in [-0.15, -0.1) is 0 Å². The van der Waals surface area contributed by atoms with E-state index in [1.165, 1.54) is 7.11 Å². The lowest BCUT2D eigenvalue weighted by Crippen LogP contribution is -2.34. The first-order valence-corrected chi connectivity index (χ1v) is 3.23. The third-order valence-electron chi connectivity index (χ3n) is 1.64. The third-order valence-corrected chi connectivity index (χ3v) is 1.64. The summed E-state index contributed by atoms with van der Waals surface area (Å²) < 4.78 is 4.56. The van der Waals surface area contributed by atoms with Crippen LogP contribution in [-0.4, -0.2) is 25.7 Å². The molecule has 0 aromatic carbocycles. The summed E-state index contributed by atoms with van der Waals surface area (Å²) in [7, 11) is 1.40. The van der Waals surface area contributed by atoms with Crippen molar-refractivity contribution in [3.05, 3.63) is 11.6 Å². The molecule has 0 bridgehead atoms. The molecule has 1 rings (SSSR count). The van der Waals surface area contributed by atoms with E-state index in [9.17, 15) is 4.79 Å². The normalized spacial score (nSPS) is 24.2. The Labute approximate surface area is 60.1 Å². The number of ether oxygens (including phenoxy) is 1. The van der Waals surface area contributed by atoms with E-state index in [4.69, 9.17) is 0 Å². The Hall–Kier alpha value is -0.830. The maximum atomic E-state index is 10.9. The van der Waals surface area contributed by atoms with Gasteiger partial charge in [-0.3, -0.25) is 10.1 Å². The van der Waals surface area contributed by atoms with E-state index in [0.29, 0.717) is 0 Å². The van der Waals surface area contributed by atoms with E-state index in [-0.39, 0.29) is 12.0 Å². The van der Waals surface area contributed by atoms with Crippen LogP contribution in [0.15, 0.2) is 11.6 Å². The summed E-state index contributed by atoms with van der Waals surface area (Å²) in [6.45, 7) is 2.69. The number of carbonyl (C=O) groups excluding carboxylic acids is 1. The Morgan fingerprint density at radius 3 is 3.00 bits per heavy atom. The zero-order valence-corrected chi connectivity index (χ0v) is 6.18. The van der Waals surface area contributed by atoms with Crippen molar-refractivity contribution >= 4 is 5.97 Å². The van der Waals surface area contributed by atoms with E-state index >= 15 is 0 Å². The second-order valence-electron chi connectivity index (χ2n) is 2.31. The zero-order chi connectivity index (χ0) is 7.56. The lowest BCUT2D eigenvalue weighted by molar-refractivity contribution is -0.141. The Balaban J connectivity index is 2.57. The highest BCUT2D eigenvalue weighted by molar-refractivity contribution is 5.79. The molecule has 0 saturated carbocycles. The Bertz CT molecular complexity index is 174. The number of esters is 1. The van der Waals surface area contributed by atoms with Crippen molar-refractivity contribution in [2.45, 2.75) is 13.0 Å². The van der Waals surface area contributed by atoms with E-state index in [1.807, 2.05) is 13.0 Å². The molecule has 0 spiro atoms. The predicted octanol–water partition coefficient (Wildman–Crippen LogP) is 0.0775. The van der Waals surface area contributed by atoms with Crippen LogP contribution in [0, 0.1) is 0 Å². The summed E-state index contributed by atoms with van der Waals surface area (Å²) in [5.74, 6) is -0.203. The number of hydrogen-bond donors (Lipinski definition) is 1. The van der Waals surface area contributed by atoms with Crippen LogP contribution in [0.2, 0.25) is 0 Å². The Kier molecular flexibility index (Phi) is 2.06. The van der Waals surface area contributed by atoms with Crippen LogP contribution >= 0.6 is 0 Å². The second-order valence-corrected chi connectivity index (χ2v) is 2.31.